The van der Waals surface area contributed by atoms with Gasteiger partial charge >= 0.3 is 0 Å². The number of furan rings is 1. The molecule has 0 bridgehead atoms. The van der Waals surface area contributed by atoms with Crippen LogP contribution in [0.4, 0.5) is 17.1 Å². The number of hydrogen-bond acceptors (Lipinski definition) is 2. The van der Waals surface area contributed by atoms with E-state index < -0.39 is 0 Å². The summed E-state index contributed by atoms with van der Waals surface area (Å²) >= 11 is 0. The van der Waals surface area contributed by atoms with Crippen molar-refractivity contribution in [2.75, 3.05) is 4.90 Å². The number of para-hydroxylation sites is 2. The molecular formula is C49H37NO. The zero-order chi connectivity index (χ0) is 34.1. The Morgan fingerprint density at radius 1 is 0.549 bits per heavy atom. The van der Waals surface area contributed by atoms with Gasteiger partial charge in [-0.2, -0.15) is 0 Å². The largest absolute Gasteiger partial charge is 0.456 e. The third-order valence-electron chi connectivity index (χ3n) is 11.3. The van der Waals surface area contributed by atoms with Crippen LogP contribution in [0.2, 0.25) is 0 Å². The molecular weight excluding hydrogens is 619 g/mol. The van der Waals surface area contributed by atoms with Crippen LogP contribution in [-0.2, 0) is 5.41 Å². The minimum atomic E-state index is -0.0242. The van der Waals surface area contributed by atoms with Crippen LogP contribution in [0.5, 0.6) is 0 Å². The van der Waals surface area contributed by atoms with E-state index in [2.05, 4.69) is 176 Å². The van der Waals surface area contributed by atoms with E-state index in [1.54, 1.807) is 0 Å². The molecule has 0 saturated heterocycles. The molecule has 51 heavy (non-hydrogen) atoms. The second kappa shape index (κ2) is 11.5. The number of benzene rings is 7. The maximum absolute atomic E-state index is 6.29. The molecule has 0 spiro atoms. The maximum Gasteiger partial charge on any atom is 0.137 e. The van der Waals surface area contributed by atoms with Crippen LogP contribution in [0.25, 0.3) is 49.4 Å². The molecule has 2 aliphatic rings. The van der Waals surface area contributed by atoms with E-state index in [-0.39, 0.29) is 5.41 Å². The van der Waals surface area contributed by atoms with Crippen LogP contribution in [-0.4, -0.2) is 0 Å². The number of rotatable bonds is 5. The summed E-state index contributed by atoms with van der Waals surface area (Å²) in [4.78, 5) is 2.31. The topological polar surface area (TPSA) is 16.4 Å². The summed E-state index contributed by atoms with van der Waals surface area (Å²) in [6.45, 7) is 4.80. The highest BCUT2D eigenvalue weighted by atomic mass is 16.3. The summed E-state index contributed by atoms with van der Waals surface area (Å²) in [5, 5.41) is 4.87. The number of hydrogen-bond donors (Lipinski definition) is 0. The van der Waals surface area contributed by atoms with Crippen LogP contribution in [0.15, 0.2) is 180 Å². The molecule has 0 saturated carbocycles. The van der Waals surface area contributed by atoms with Gasteiger partial charge < -0.3 is 9.32 Å². The maximum atomic E-state index is 6.29. The Bertz CT molecular complexity index is 2690. The van der Waals surface area contributed by atoms with Gasteiger partial charge in [0.15, 0.2) is 0 Å². The quantitative estimate of drug-likeness (QED) is 0.183. The first kappa shape index (κ1) is 29.8. The molecule has 0 aliphatic heterocycles. The number of fused-ring (bicyclic) bond motifs is 7. The molecule has 8 aromatic rings. The van der Waals surface area contributed by atoms with Gasteiger partial charge in [-0.15, -0.1) is 0 Å². The van der Waals surface area contributed by atoms with Gasteiger partial charge in [-0.3, -0.25) is 0 Å². The number of allylic oxidation sites excluding steroid dienone is 4. The standard InChI is InChI=1S/C49H37NO/c1-49(2)45-28-22-34(29-44(45)41-26-21-35(30-46(41)49)40-17-10-12-33-11-6-7-15-39(33)40)32-19-23-37(24-20-32)50(36-13-4-3-5-14-36)38-25-27-43-42-16-8-9-18-47(42)51-48(43)31-38/h3-28,30-31,44H,29H2,1-2H3. The summed E-state index contributed by atoms with van der Waals surface area (Å²) < 4.78 is 6.29. The molecule has 2 heteroatoms. The monoisotopic (exact) mass is 655 g/mol. The van der Waals surface area contributed by atoms with Crippen molar-refractivity contribution in [1.82, 2.24) is 0 Å². The molecule has 0 amide bonds. The van der Waals surface area contributed by atoms with Crippen molar-refractivity contribution >= 4 is 55.3 Å². The molecule has 1 unspecified atom stereocenters. The first-order valence-electron chi connectivity index (χ1n) is 17.9. The zero-order valence-corrected chi connectivity index (χ0v) is 28.8. The number of anilines is 3. The van der Waals surface area contributed by atoms with Gasteiger partial charge in [0, 0.05) is 45.2 Å². The predicted molar refractivity (Wildman–Crippen MR) is 214 cm³/mol. The Labute approximate surface area is 298 Å². The van der Waals surface area contributed by atoms with E-state index in [0.29, 0.717) is 5.92 Å². The van der Waals surface area contributed by atoms with Crippen molar-refractivity contribution in [3.8, 4) is 11.1 Å². The molecule has 2 nitrogen and oxygen atoms in total. The molecule has 1 aromatic heterocycles. The molecule has 0 radical (unpaired) electrons. The average Bonchev–Trinajstić information content (AvgIpc) is 3.66. The lowest BCUT2D eigenvalue weighted by Gasteiger charge is -2.28. The van der Waals surface area contributed by atoms with E-state index in [4.69, 9.17) is 4.42 Å². The van der Waals surface area contributed by atoms with Gasteiger partial charge in [0.05, 0.1) is 0 Å². The van der Waals surface area contributed by atoms with Crippen LogP contribution in [0.1, 0.15) is 42.9 Å². The average molecular weight is 656 g/mol. The Balaban J connectivity index is 0.979. The lowest BCUT2D eigenvalue weighted by molar-refractivity contribution is 0.615. The van der Waals surface area contributed by atoms with Crippen LogP contribution < -0.4 is 4.90 Å². The van der Waals surface area contributed by atoms with E-state index in [0.717, 1.165) is 45.4 Å². The highest BCUT2D eigenvalue weighted by Crippen LogP contribution is 2.55. The van der Waals surface area contributed by atoms with Crippen molar-refractivity contribution in [3.05, 3.63) is 192 Å². The molecule has 244 valence electrons. The van der Waals surface area contributed by atoms with Crippen molar-refractivity contribution in [3.63, 3.8) is 0 Å². The Morgan fingerprint density at radius 2 is 1.24 bits per heavy atom. The van der Waals surface area contributed by atoms with Crippen LogP contribution in [0.3, 0.4) is 0 Å². The zero-order valence-electron chi connectivity index (χ0n) is 28.8. The van der Waals surface area contributed by atoms with E-state index in [1.807, 2.05) is 12.1 Å². The van der Waals surface area contributed by atoms with Gasteiger partial charge in [-0.1, -0.05) is 135 Å². The first-order valence-corrected chi connectivity index (χ1v) is 17.9. The normalized spacial score (nSPS) is 16.2. The Morgan fingerprint density at radius 3 is 2.10 bits per heavy atom. The fourth-order valence-corrected chi connectivity index (χ4v) is 8.74. The molecule has 7 aromatic carbocycles. The fraction of sp³-hybridized carbons (Fsp3) is 0.102. The lowest BCUT2D eigenvalue weighted by Crippen LogP contribution is -2.17. The van der Waals surface area contributed by atoms with Gasteiger partial charge in [0.1, 0.15) is 11.2 Å². The SMILES string of the molecule is CC1(C)C2=CC=C(c3ccc(N(c4ccccc4)c4ccc5c(c4)oc4ccccc45)cc3)CC2c2ccc(-c3cccc4ccccc34)cc21. The van der Waals surface area contributed by atoms with E-state index in [1.165, 1.54) is 49.7 Å². The third kappa shape index (κ3) is 4.78. The van der Waals surface area contributed by atoms with Gasteiger partial charge in [-0.25, -0.2) is 0 Å². The molecule has 2 aliphatic carbocycles. The highest BCUT2D eigenvalue weighted by molar-refractivity contribution is 6.06. The third-order valence-corrected chi connectivity index (χ3v) is 11.3. The Hall–Kier alpha value is -6.12. The van der Waals surface area contributed by atoms with Crippen LogP contribution in [0, 0.1) is 0 Å². The Kier molecular flexibility index (Phi) is 6.69. The minimum Gasteiger partial charge on any atom is -0.456 e. The summed E-state index contributed by atoms with van der Waals surface area (Å²) in [6, 6.07) is 57.1. The molecule has 0 N–H and O–H groups in total. The highest BCUT2D eigenvalue weighted by Gasteiger charge is 2.42. The second-order valence-electron chi connectivity index (χ2n) is 14.5. The van der Waals surface area contributed by atoms with Crippen molar-refractivity contribution in [1.29, 1.82) is 0 Å². The smallest absolute Gasteiger partial charge is 0.137 e. The van der Waals surface area contributed by atoms with Crippen molar-refractivity contribution < 1.29 is 4.42 Å². The lowest BCUT2D eigenvalue weighted by atomic mass is 9.76. The van der Waals surface area contributed by atoms with E-state index >= 15 is 0 Å². The first-order chi connectivity index (χ1) is 25.0. The van der Waals surface area contributed by atoms with Gasteiger partial charge in [0.25, 0.3) is 0 Å². The minimum absolute atomic E-state index is 0.0242. The molecule has 10 rings (SSSR count). The summed E-state index contributed by atoms with van der Waals surface area (Å²) in [5.41, 5.74) is 14.8. The second-order valence-corrected chi connectivity index (χ2v) is 14.5. The fourth-order valence-electron chi connectivity index (χ4n) is 8.74. The van der Waals surface area contributed by atoms with E-state index in [9.17, 15) is 0 Å². The predicted octanol–water partition coefficient (Wildman–Crippen LogP) is 13.7. The van der Waals surface area contributed by atoms with Crippen LogP contribution >= 0.6 is 0 Å². The number of nitrogens with zero attached hydrogens (tertiary/aromatic N) is 1. The van der Waals surface area contributed by atoms with Crippen molar-refractivity contribution in [2.45, 2.75) is 31.6 Å². The van der Waals surface area contributed by atoms with Gasteiger partial charge in [-0.05, 0) is 99.1 Å². The molecule has 1 heterocycles. The van der Waals surface area contributed by atoms with Gasteiger partial charge in [0.2, 0.25) is 0 Å². The van der Waals surface area contributed by atoms with Crippen molar-refractivity contribution in [2.24, 2.45) is 0 Å². The summed E-state index contributed by atoms with van der Waals surface area (Å²) in [7, 11) is 0. The molecule has 0 fully saturated rings. The summed E-state index contributed by atoms with van der Waals surface area (Å²) in [6.07, 6.45) is 5.78. The molecule has 1 atom stereocenters. The summed E-state index contributed by atoms with van der Waals surface area (Å²) in [5.74, 6) is 0.382.